The first-order valence-electron chi connectivity index (χ1n) is 18.5. The normalized spacial score (nSPS) is 14.2. The topological polar surface area (TPSA) is 34.2 Å². The summed E-state index contributed by atoms with van der Waals surface area (Å²) in [5.74, 6) is 0. The molecule has 0 spiro atoms. The molecule has 1 fully saturated rings. The molecule has 0 unspecified atom stereocenters. The number of nitrogens with zero attached hydrogens (tertiary/aromatic N) is 2. The zero-order valence-corrected chi connectivity index (χ0v) is 35.8. The van der Waals surface area contributed by atoms with Crippen molar-refractivity contribution < 1.29 is 29.8 Å². The van der Waals surface area contributed by atoms with Crippen LogP contribution in [0.5, 0.6) is 0 Å². The van der Waals surface area contributed by atoms with Gasteiger partial charge < -0.3 is 13.6 Å². The van der Waals surface area contributed by atoms with Gasteiger partial charge in [-0.05, 0) is 41.5 Å². The Hall–Kier alpha value is -3.11. The molecule has 0 bridgehead atoms. The molecule has 0 aromatic heterocycles. The van der Waals surface area contributed by atoms with Gasteiger partial charge in [0.15, 0.2) is 0 Å². The Kier molecular flexibility index (Phi) is 13.7. The molecule has 0 atom stereocenters. The van der Waals surface area contributed by atoms with Gasteiger partial charge >= 0.3 is 250 Å². The predicted molar refractivity (Wildman–Crippen MR) is 221 cm³/mol. The third-order valence-electron chi connectivity index (χ3n) is 8.68. The summed E-state index contributed by atoms with van der Waals surface area (Å²) >= 11 is -0.233. The summed E-state index contributed by atoms with van der Waals surface area (Å²) in [4.78, 5) is 5.29. The van der Waals surface area contributed by atoms with Gasteiger partial charge in [0.2, 0.25) is 0 Å². The van der Waals surface area contributed by atoms with Crippen molar-refractivity contribution in [2.45, 2.75) is 101 Å². The summed E-state index contributed by atoms with van der Waals surface area (Å²) in [5, 5.41) is 0. The van der Waals surface area contributed by atoms with Crippen molar-refractivity contribution in [1.82, 2.24) is 0 Å². The van der Waals surface area contributed by atoms with E-state index in [2.05, 4.69) is 136 Å². The number of hydrogen-bond acceptors (Lipinski definition) is 5. The molecule has 0 saturated carbocycles. The van der Waals surface area contributed by atoms with Crippen LogP contribution in [0.15, 0.2) is 84.9 Å². The summed E-state index contributed by atoms with van der Waals surface area (Å²) in [6, 6.07) is 29.2. The Bertz CT molecular complexity index is 1840. The Morgan fingerprint density at radius 2 is 0.962 bits per heavy atom. The van der Waals surface area contributed by atoms with Crippen molar-refractivity contribution in [3.63, 3.8) is 0 Å². The van der Waals surface area contributed by atoms with Crippen LogP contribution in [-0.2, 0) is 29.8 Å². The van der Waals surface area contributed by atoms with Gasteiger partial charge in [-0.2, -0.15) is 0 Å². The maximum atomic E-state index is 5.49. The standard InChI is InChI=1S/C21H26N2.C15H10.C9H21O3P.Ru/c1-14-9-16(3)20(17(4)10-14)22-7-8-23(13-22)21-18(5)11-15(2)12-19(21)6;1-2-6-12(7-3-1)15-11-10-13-8-4-5-9-14(13)15;1-7(2)10-13(11-8(3)4)12-9(5)6;/h9-12H,7-8H2,1-6H3;1-9,11H;7-9H,1-6H3;. The molecule has 4 aromatic carbocycles. The van der Waals surface area contributed by atoms with E-state index >= 15 is 0 Å². The molecule has 5 nitrogen and oxygen atoms in total. The van der Waals surface area contributed by atoms with Crippen LogP contribution in [0.2, 0.25) is 0 Å². The Balaban J connectivity index is 0.000000345. The van der Waals surface area contributed by atoms with Gasteiger partial charge in [-0.15, -0.1) is 0 Å². The molecule has 2 aliphatic rings. The molecule has 4 aromatic rings. The second kappa shape index (κ2) is 17.8. The quantitative estimate of drug-likeness (QED) is 0.124. The summed E-state index contributed by atoms with van der Waals surface area (Å²) in [5.41, 5.74) is 16.3. The summed E-state index contributed by atoms with van der Waals surface area (Å²) < 4.78 is 19.4. The first-order valence-corrected chi connectivity index (χ1v) is 21.3. The zero-order valence-electron chi connectivity index (χ0n) is 33.1. The molecule has 52 heavy (non-hydrogen) atoms. The molecule has 1 heterocycles. The monoisotopic (exact) mass is 806 g/mol. The van der Waals surface area contributed by atoms with Crippen LogP contribution in [0.1, 0.15) is 91.6 Å². The molecule has 1 aliphatic heterocycles. The van der Waals surface area contributed by atoms with E-state index in [0.29, 0.717) is 0 Å². The van der Waals surface area contributed by atoms with Crippen LogP contribution in [0.4, 0.5) is 11.4 Å². The van der Waals surface area contributed by atoms with Crippen LogP contribution in [0.25, 0.3) is 5.57 Å². The molecule has 6 rings (SSSR count). The van der Waals surface area contributed by atoms with Crippen molar-refractivity contribution in [3.05, 3.63) is 135 Å². The van der Waals surface area contributed by atoms with Gasteiger partial charge in [0.05, 0.1) is 18.3 Å². The van der Waals surface area contributed by atoms with E-state index < -0.39 is 8.60 Å². The molecule has 1 saturated heterocycles. The Morgan fingerprint density at radius 3 is 1.38 bits per heavy atom. The molecule has 0 N–H and O–H groups in total. The third kappa shape index (κ3) is 9.70. The molecule has 7 heteroatoms. The van der Waals surface area contributed by atoms with Crippen LogP contribution in [0, 0.1) is 41.5 Å². The van der Waals surface area contributed by atoms with Gasteiger partial charge in [0.25, 0.3) is 0 Å². The second-order valence-corrected chi connectivity index (χ2v) is 17.9. The minimum absolute atomic E-state index is 0.142. The summed E-state index contributed by atoms with van der Waals surface area (Å²) in [6.07, 6.45) is 2.90. The van der Waals surface area contributed by atoms with Gasteiger partial charge in [-0.25, -0.2) is 0 Å². The number of anilines is 2. The molecular formula is C45H57N2O3PRu. The minimum atomic E-state index is -1.18. The van der Waals surface area contributed by atoms with Crippen molar-refractivity contribution in [2.24, 2.45) is 0 Å². The van der Waals surface area contributed by atoms with Crippen molar-refractivity contribution in [1.29, 1.82) is 0 Å². The molecule has 0 radical (unpaired) electrons. The molecular weight excluding hydrogens is 749 g/mol. The zero-order chi connectivity index (χ0) is 37.7. The average molecular weight is 806 g/mol. The number of rotatable bonds is 9. The van der Waals surface area contributed by atoms with Gasteiger partial charge in [0, 0.05) is 0 Å². The Labute approximate surface area is 321 Å². The second-order valence-electron chi connectivity index (χ2n) is 14.6. The fourth-order valence-electron chi connectivity index (χ4n) is 7.02. The van der Waals surface area contributed by atoms with E-state index in [1.807, 2.05) is 41.5 Å². The Morgan fingerprint density at radius 1 is 0.558 bits per heavy atom. The first-order chi connectivity index (χ1) is 24.7. The fraction of sp³-hybridized carbons (Fsp3) is 0.378. The summed E-state index contributed by atoms with van der Waals surface area (Å²) in [7, 11) is -1.18. The van der Waals surface area contributed by atoms with E-state index in [1.165, 1.54) is 75.5 Å². The maximum absolute atomic E-state index is 5.49. The van der Waals surface area contributed by atoms with Gasteiger partial charge in [-0.3, -0.25) is 0 Å². The number of aryl methyl sites for hydroxylation is 6. The van der Waals surface area contributed by atoms with E-state index in [4.69, 9.17) is 13.6 Å². The van der Waals surface area contributed by atoms with Crippen LogP contribution < -0.4 is 9.80 Å². The fourth-order valence-corrected chi connectivity index (χ4v) is 10.9. The third-order valence-corrected chi connectivity index (χ3v) is 13.0. The van der Waals surface area contributed by atoms with E-state index in [0.717, 1.165) is 13.1 Å². The molecule has 278 valence electrons. The van der Waals surface area contributed by atoms with Gasteiger partial charge in [-0.1, -0.05) is 0 Å². The number of fused-ring (bicyclic) bond motifs is 1. The molecule has 0 amide bonds. The van der Waals surface area contributed by atoms with Crippen LogP contribution in [0.3, 0.4) is 0 Å². The van der Waals surface area contributed by atoms with Gasteiger partial charge in [0.1, 0.15) is 0 Å². The molecule has 1 aliphatic carbocycles. The number of hydrogen-bond donors (Lipinski definition) is 0. The first kappa shape index (κ1) is 40.1. The van der Waals surface area contributed by atoms with Crippen molar-refractivity contribution >= 4 is 34.0 Å². The average Bonchev–Trinajstić information content (AvgIpc) is 3.62. The van der Waals surface area contributed by atoms with Crippen molar-refractivity contribution in [2.75, 3.05) is 22.9 Å². The van der Waals surface area contributed by atoms with Crippen LogP contribution >= 0.6 is 8.60 Å². The van der Waals surface area contributed by atoms with E-state index in [-0.39, 0.29) is 34.5 Å². The van der Waals surface area contributed by atoms with Crippen molar-refractivity contribution in [3.8, 4) is 0 Å². The predicted octanol–water partition coefficient (Wildman–Crippen LogP) is 11.2. The van der Waals surface area contributed by atoms with Crippen LogP contribution in [-0.4, -0.2) is 39.9 Å². The number of benzene rings is 4. The van der Waals surface area contributed by atoms with E-state index in [1.54, 1.807) is 0 Å². The number of allylic oxidation sites excluding steroid dienone is 1. The van der Waals surface area contributed by atoms with E-state index in [9.17, 15) is 0 Å². The summed E-state index contributed by atoms with van der Waals surface area (Å²) in [6.45, 7) is 27.4. The SMILES string of the molecule is CC(C)OP(OC(C)C)OC(C)C.Cc1cc(C)c(N2CCN(c3c(C)cc(C)cc3C)[C]2=[Ru]=[C]2C=C(c3ccccc3)c3ccccc32)c(C)c1.